The van der Waals surface area contributed by atoms with Gasteiger partial charge in [-0.15, -0.1) is 0 Å². The molecule has 0 radical (unpaired) electrons. The van der Waals surface area contributed by atoms with Gasteiger partial charge < -0.3 is 9.84 Å². The Morgan fingerprint density at radius 1 is 1.16 bits per heavy atom. The predicted molar refractivity (Wildman–Crippen MR) is 113 cm³/mol. The van der Waals surface area contributed by atoms with E-state index in [9.17, 15) is 14.7 Å². The van der Waals surface area contributed by atoms with Gasteiger partial charge in [0, 0.05) is 11.2 Å². The van der Waals surface area contributed by atoms with Crippen molar-refractivity contribution in [1.82, 2.24) is 9.78 Å². The quantitative estimate of drug-likeness (QED) is 0.680. The lowest BCUT2D eigenvalue weighted by atomic mass is 9.79. The molecule has 156 valence electrons. The smallest absolute Gasteiger partial charge is 0.335 e. The number of amides is 1. The lowest BCUT2D eigenvalue weighted by molar-refractivity contribution is -0.122. The average Bonchev–Trinajstić information content (AvgIpc) is 3.36. The van der Waals surface area contributed by atoms with E-state index in [0.717, 1.165) is 22.4 Å². The van der Waals surface area contributed by atoms with E-state index in [-0.39, 0.29) is 17.5 Å². The number of benzene rings is 2. The molecule has 6 rings (SSSR count). The highest BCUT2D eigenvalue weighted by atomic mass is 35.5. The van der Waals surface area contributed by atoms with E-state index >= 15 is 0 Å². The van der Waals surface area contributed by atoms with Crippen LogP contribution in [0.2, 0.25) is 5.02 Å². The Balaban J connectivity index is 1.45. The Labute approximate surface area is 182 Å². The first-order chi connectivity index (χ1) is 15.0. The van der Waals surface area contributed by atoms with Gasteiger partial charge in [-0.3, -0.25) is 14.4 Å². The van der Waals surface area contributed by atoms with Crippen LogP contribution >= 0.6 is 11.6 Å². The first-order valence-electron chi connectivity index (χ1n) is 10.1. The van der Waals surface area contributed by atoms with Crippen LogP contribution in [0.3, 0.4) is 0 Å². The molecule has 1 atom stereocenters. The second kappa shape index (κ2) is 6.42. The molecule has 1 spiro atoms. The number of carboxylic acid groups (broad SMARTS) is 1. The standard InChI is InChI=1S/C23H18ClN3O4/c24-16-3-4-19-20(6-16)27(17-9-25-26(10-17)18-11-31-12-18)22(30)23(19)7-14-2-1-13(21(28)29)5-15(14)8-23/h1-6,9-10,18H,7-8,11-12H2,(H,28,29)/t23-/m1/s1. The van der Waals surface area contributed by atoms with Crippen LogP contribution < -0.4 is 4.90 Å². The van der Waals surface area contributed by atoms with Crippen LogP contribution in [0, 0.1) is 0 Å². The van der Waals surface area contributed by atoms with Gasteiger partial charge in [0.05, 0.1) is 47.8 Å². The molecule has 31 heavy (non-hydrogen) atoms. The summed E-state index contributed by atoms with van der Waals surface area (Å²) in [4.78, 5) is 27.1. The summed E-state index contributed by atoms with van der Waals surface area (Å²) in [5.74, 6) is -1.01. The second-order valence-electron chi connectivity index (χ2n) is 8.40. The molecule has 1 saturated heterocycles. The molecular formula is C23H18ClN3O4. The molecule has 0 saturated carbocycles. The highest BCUT2D eigenvalue weighted by molar-refractivity contribution is 6.31. The summed E-state index contributed by atoms with van der Waals surface area (Å²) in [5, 5.41) is 14.4. The molecular weight excluding hydrogens is 418 g/mol. The zero-order valence-electron chi connectivity index (χ0n) is 16.4. The molecule has 1 N–H and O–H groups in total. The van der Waals surface area contributed by atoms with Gasteiger partial charge in [-0.05, 0) is 53.8 Å². The first-order valence-corrected chi connectivity index (χ1v) is 10.5. The first kappa shape index (κ1) is 18.6. The van der Waals surface area contributed by atoms with Crippen LogP contribution in [-0.2, 0) is 27.8 Å². The van der Waals surface area contributed by atoms with Crippen molar-refractivity contribution in [3.8, 4) is 0 Å². The molecule has 3 heterocycles. The van der Waals surface area contributed by atoms with Crippen LogP contribution in [0.4, 0.5) is 11.4 Å². The van der Waals surface area contributed by atoms with Gasteiger partial charge in [-0.1, -0.05) is 23.7 Å². The Morgan fingerprint density at radius 3 is 2.71 bits per heavy atom. The van der Waals surface area contributed by atoms with Crippen LogP contribution in [0.1, 0.15) is 33.1 Å². The summed E-state index contributed by atoms with van der Waals surface area (Å²) in [6, 6.07) is 10.8. The van der Waals surface area contributed by atoms with Gasteiger partial charge in [-0.25, -0.2) is 4.79 Å². The third-order valence-electron chi connectivity index (χ3n) is 6.61. The van der Waals surface area contributed by atoms with Crippen molar-refractivity contribution >= 4 is 34.9 Å². The number of aromatic nitrogens is 2. The van der Waals surface area contributed by atoms with E-state index in [1.807, 2.05) is 29.1 Å². The number of hydrogen-bond acceptors (Lipinski definition) is 4. The molecule has 2 aliphatic heterocycles. The van der Waals surface area contributed by atoms with Gasteiger partial charge in [0.2, 0.25) is 5.91 Å². The highest BCUT2D eigenvalue weighted by Gasteiger charge is 2.54. The van der Waals surface area contributed by atoms with Crippen LogP contribution in [0.15, 0.2) is 48.8 Å². The minimum atomic E-state index is -0.970. The number of halogens is 1. The molecule has 0 unspecified atom stereocenters. The summed E-state index contributed by atoms with van der Waals surface area (Å²) in [7, 11) is 0. The number of carbonyl (C=O) groups excluding carboxylic acids is 1. The molecule has 7 nitrogen and oxygen atoms in total. The van der Waals surface area contributed by atoms with Gasteiger partial charge >= 0.3 is 5.97 Å². The summed E-state index contributed by atoms with van der Waals surface area (Å²) < 4.78 is 7.09. The molecule has 8 heteroatoms. The van der Waals surface area contributed by atoms with Crippen molar-refractivity contribution in [2.75, 3.05) is 18.1 Å². The van der Waals surface area contributed by atoms with Crippen LogP contribution in [-0.4, -0.2) is 40.0 Å². The summed E-state index contributed by atoms with van der Waals surface area (Å²) in [6.45, 7) is 1.23. The molecule has 2 aromatic carbocycles. The van der Waals surface area contributed by atoms with Crippen molar-refractivity contribution in [3.63, 3.8) is 0 Å². The molecule has 0 bridgehead atoms. The number of nitrogens with zero attached hydrogens (tertiary/aromatic N) is 3. The minimum absolute atomic E-state index is 0.0396. The molecule has 3 aromatic rings. The Bertz CT molecular complexity index is 1270. The zero-order chi connectivity index (χ0) is 21.3. The lowest BCUT2D eigenvalue weighted by Gasteiger charge is -2.26. The third-order valence-corrected chi connectivity index (χ3v) is 6.84. The molecule has 1 amide bonds. The fourth-order valence-electron chi connectivity index (χ4n) is 4.96. The van der Waals surface area contributed by atoms with Gasteiger partial charge in [0.15, 0.2) is 0 Å². The number of fused-ring (bicyclic) bond motifs is 3. The summed E-state index contributed by atoms with van der Waals surface area (Å²) in [6.07, 6.45) is 4.55. The predicted octanol–water partition coefficient (Wildman–Crippen LogP) is 3.52. The SMILES string of the molecule is O=C(O)c1ccc2c(c1)C[C@@]1(C2)C(=O)N(c2cnn(C3COC3)c2)c2cc(Cl)ccc21. The summed E-state index contributed by atoms with van der Waals surface area (Å²) in [5.41, 5.74) is 3.73. The maximum atomic E-state index is 14.0. The number of carboxylic acids is 1. The number of rotatable bonds is 3. The maximum absolute atomic E-state index is 14.0. The molecule has 3 aliphatic rings. The maximum Gasteiger partial charge on any atom is 0.335 e. The van der Waals surface area contributed by atoms with E-state index in [2.05, 4.69) is 5.10 Å². The summed E-state index contributed by atoms with van der Waals surface area (Å²) >= 11 is 6.31. The number of hydrogen-bond donors (Lipinski definition) is 1. The van der Waals surface area contributed by atoms with E-state index < -0.39 is 11.4 Å². The van der Waals surface area contributed by atoms with Crippen LogP contribution in [0.25, 0.3) is 0 Å². The van der Waals surface area contributed by atoms with Crippen molar-refractivity contribution in [2.24, 2.45) is 0 Å². The van der Waals surface area contributed by atoms with Crippen molar-refractivity contribution in [1.29, 1.82) is 0 Å². The average molecular weight is 436 g/mol. The largest absolute Gasteiger partial charge is 0.478 e. The Kier molecular flexibility index (Phi) is 3.85. The topological polar surface area (TPSA) is 84.7 Å². The van der Waals surface area contributed by atoms with Crippen molar-refractivity contribution in [2.45, 2.75) is 24.3 Å². The monoisotopic (exact) mass is 435 g/mol. The molecule has 1 aliphatic carbocycles. The second-order valence-corrected chi connectivity index (χ2v) is 8.83. The van der Waals surface area contributed by atoms with E-state index in [1.54, 1.807) is 29.3 Å². The molecule has 1 fully saturated rings. The highest BCUT2D eigenvalue weighted by Crippen LogP contribution is 2.52. The van der Waals surface area contributed by atoms with Crippen molar-refractivity contribution < 1.29 is 19.4 Å². The van der Waals surface area contributed by atoms with Gasteiger partial charge in [0.25, 0.3) is 0 Å². The van der Waals surface area contributed by atoms with E-state index in [4.69, 9.17) is 16.3 Å². The van der Waals surface area contributed by atoms with Gasteiger partial charge in [-0.2, -0.15) is 5.10 Å². The molecule has 1 aromatic heterocycles. The van der Waals surface area contributed by atoms with Crippen molar-refractivity contribution in [3.05, 3.63) is 76.1 Å². The number of ether oxygens (including phenoxy) is 1. The zero-order valence-corrected chi connectivity index (χ0v) is 17.2. The van der Waals surface area contributed by atoms with Gasteiger partial charge in [0.1, 0.15) is 0 Å². The number of aromatic carboxylic acids is 1. The third kappa shape index (κ3) is 2.60. The number of carbonyl (C=O) groups is 2. The minimum Gasteiger partial charge on any atom is -0.478 e. The fraction of sp³-hybridized carbons (Fsp3) is 0.261. The van der Waals surface area contributed by atoms with E-state index in [1.165, 1.54) is 0 Å². The normalized spacial score (nSPS) is 22.0. The Hall–Kier alpha value is -3.16. The van der Waals surface area contributed by atoms with E-state index in [0.29, 0.717) is 36.8 Å². The number of anilines is 2. The fourth-order valence-corrected chi connectivity index (χ4v) is 5.13. The van der Waals surface area contributed by atoms with Crippen LogP contribution in [0.5, 0.6) is 0 Å². The Morgan fingerprint density at radius 2 is 1.97 bits per heavy atom. The lowest BCUT2D eigenvalue weighted by Crippen LogP contribution is -2.39.